The van der Waals surface area contributed by atoms with E-state index in [1.54, 1.807) is 43.8 Å². The van der Waals surface area contributed by atoms with Crippen LogP contribution in [0.5, 0.6) is 5.75 Å². The summed E-state index contributed by atoms with van der Waals surface area (Å²) in [6, 6.07) is 10.9. The van der Waals surface area contributed by atoms with Gasteiger partial charge in [0.05, 0.1) is 12.8 Å². The molecule has 0 atom stereocenters. The molecule has 0 saturated heterocycles. The van der Waals surface area contributed by atoms with E-state index in [-0.39, 0.29) is 5.91 Å². The molecule has 4 rings (SSSR count). The first-order valence-corrected chi connectivity index (χ1v) is 8.45. The predicted molar refractivity (Wildman–Crippen MR) is 97.2 cm³/mol. The molecule has 3 heterocycles. The summed E-state index contributed by atoms with van der Waals surface area (Å²) in [6.45, 7) is 0. The Morgan fingerprint density at radius 1 is 1.24 bits per heavy atom. The van der Waals surface area contributed by atoms with Crippen LogP contribution in [0.15, 0.2) is 60.4 Å². The fourth-order valence-corrected chi connectivity index (χ4v) is 3.30. The number of carbonyl (C=O) groups excluding carboxylic acids is 1. The minimum atomic E-state index is -0.264. The van der Waals surface area contributed by atoms with Gasteiger partial charge in [0.2, 0.25) is 0 Å². The Bertz CT molecular complexity index is 1020. The first kappa shape index (κ1) is 15.3. The topological polar surface area (TPSA) is 68.5 Å². The third-order valence-electron chi connectivity index (χ3n) is 3.76. The van der Waals surface area contributed by atoms with Gasteiger partial charge >= 0.3 is 0 Å². The minimum absolute atomic E-state index is 0.264. The van der Waals surface area contributed by atoms with Crippen LogP contribution in [0.1, 0.15) is 10.5 Å². The molecule has 0 aliphatic carbocycles. The number of fused-ring (bicyclic) bond motifs is 1. The molecule has 0 fully saturated rings. The number of ether oxygens (including phenoxy) is 1. The lowest BCUT2D eigenvalue weighted by molar-refractivity contribution is 0.102. The lowest BCUT2D eigenvalue weighted by Gasteiger charge is -2.07. The second-order valence-corrected chi connectivity index (χ2v) is 6.16. The van der Waals surface area contributed by atoms with Crippen LogP contribution in [0.3, 0.4) is 0 Å². The zero-order valence-corrected chi connectivity index (χ0v) is 14.2. The number of hydrogen-bond acceptors (Lipinski definition) is 5. The van der Waals surface area contributed by atoms with Gasteiger partial charge in [0, 0.05) is 35.2 Å². The number of thiazole rings is 1. The van der Waals surface area contributed by atoms with Crippen molar-refractivity contribution in [1.29, 1.82) is 0 Å². The Labute approximate surface area is 147 Å². The van der Waals surface area contributed by atoms with E-state index in [9.17, 15) is 4.79 Å². The van der Waals surface area contributed by atoms with E-state index in [0.717, 1.165) is 22.0 Å². The molecule has 124 valence electrons. The molecule has 25 heavy (non-hydrogen) atoms. The Morgan fingerprint density at radius 2 is 2.08 bits per heavy atom. The van der Waals surface area contributed by atoms with Crippen molar-refractivity contribution in [3.63, 3.8) is 0 Å². The summed E-state index contributed by atoms with van der Waals surface area (Å²) in [5.74, 6) is 0.469. The first-order chi connectivity index (χ1) is 12.3. The molecule has 0 radical (unpaired) electrons. The summed E-state index contributed by atoms with van der Waals surface area (Å²) in [6.07, 6.45) is 5.33. The van der Waals surface area contributed by atoms with Gasteiger partial charge in [-0.3, -0.25) is 14.2 Å². The molecule has 6 nitrogen and oxygen atoms in total. The van der Waals surface area contributed by atoms with Crippen molar-refractivity contribution in [1.82, 2.24) is 14.4 Å². The van der Waals surface area contributed by atoms with Gasteiger partial charge in [-0.05, 0) is 36.4 Å². The second kappa shape index (κ2) is 6.37. The highest BCUT2D eigenvalue weighted by atomic mass is 32.1. The number of nitrogens with zero attached hydrogens (tertiary/aromatic N) is 3. The van der Waals surface area contributed by atoms with Gasteiger partial charge in [0.25, 0.3) is 5.91 Å². The first-order valence-electron chi connectivity index (χ1n) is 7.57. The normalized spacial score (nSPS) is 10.8. The maximum absolute atomic E-state index is 12.8. The van der Waals surface area contributed by atoms with Crippen LogP contribution in [0.4, 0.5) is 5.69 Å². The third-order valence-corrected chi connectivity index (χ3v) is 4.52. The van der Waals surface area contributed by atoms with Crippen LogP contribution < -0.4 is 10.1 Å². The highest BCUT2D eigenvalue weighted by molar-refractivity contribution is 7.15. The molecule has 3 aromatic heterocycles. The molecular formula is C18H14N4O2S. The van der Waals surface area contributed by atoms with Crippen molar-refractivity contribution in [2.24, 2.45) is 0 Å². The predicted octanol–water partition coefficient (Wildman–Crippen LogP) is 3.72. The summed E-state index contributed by atoms with van der Waals surface area (Å²) < 4.78 is 7.04. The number of imidazole rings is 1. The molecule has 0 spiro atoms. The number of pyridine rings is 1. The van der Waals surface area contributed by atoms with Crippen LogP contribution in [0.2, 0.25) is 0 Å². The van der Waals surface area contributed by atoms with Crippen LogP contribution in [0, 0.1) is 0 Å². The third kappa shape index (κ3) is 2.85. The maximum atomic E-state index is 12.8. The Morgan fingerprint density at radius 3 is 2.80 bits per heavy atom. The molecule has 1 N–H and O–H groups in total. The monoisotopic (exact) mass is 350 g/mol. The zero-order chi connectivity index (χ0) is 17.2. The van der Waals surface area contributed by atoms with E-state index in [1.165, 1.54) is 11.3 Å². The van der Waals surface area contributed by atoms with E-state index >= 15 is 0 Å². The number of rotatable bonds is 4. The van der Waals surface area contributed by atoms with Crippen molar-refractivity contribution in [3.8, 4) is 17.0 Å². The fourth-order valence-electron chi connectivity index (χ4n) is 2.59. The number of amides is 1. The number of aromatic nitrogens is 3. The highest BCUT2D eigenvalue weighted by Gasteiger charge is 2.21. The molecule has 1 aromatic carbocycles. The summed E-state index contributed by atoms with van der Waals surface area (Å²) in [4.78, 5) is 22.2. The van der Waals surface area contributed by atoms with Gasteiger partial charge in [-0.2, -0.15) is 0 Å². The van der Waals surface area contributed by atoms with Gasteiger partial charge < -0.3 is 10.1 Å². The Hall–Kier alpha value is -3.19. The number of hydrogen-bond donors (Lipinski definition) is 1. The van der Waals surface area contributed by atoms with Gasteiger partial charge in [-0.25, -0.2) is 4.98 Å². The molecule has 4 aromatic rings. The lowest BCUT2D eigenvalue weighted by atomic mass is 10.1. The molecule has 0 bridgehead atoms. The van der Waals surface area contributed by atoms with E-state index in [0.29, 0.717) is 11.4 Å². The summed E-state index contributed by atoms with van der Waals surface area (Å²) in [5, 5.41) is 4.82. The van der Waals surface area contributed by atoms with Crippen molar-refractivity contribution < 1.29 is 9.53 Å². The van der Waals surface area contributed by atoms with Gasteiger partial charge in [-0.1, -0.05) is 0 Å². The van der Waals surface area contributed by atoms with E-state index in [4.69, 9.17) is 4.74 Å². The summed E-state index contributed by atoms with van der Waals surface area (Å²) in [7, 11) is 1.60. The molecule has 7 heteroatoms. The van der Waals surface area contributed by atoms with Crippen LogP contribution in [-0.4, -0.2) is 27.4 Å². The smallest absolute Gasteiger partial charge is 0.276 e. The van der Waals surface area contributed by atoms with E-state index < -0.39 is 0 Å². The number of benzene rings is 1. The van der Waals surface area contributed by atoms with Crippen molar-refractivity contribution in [2.45, 2.75) is 0 Å². The molecule has 0 aliphatic rings. The van der Waals surface area contributed by atoms with Crippen molar-refractivity contribution in [3.05, 3.63) is 66.1 Å². The minimum Gasteiger partial charge on any atom is -0.497 e. The Balaban J connectivity index is 1.73. The van der Waals surface area contributed by atoms with Gasteiger partial charge in [-0.15, -0.1) is 11.3 Å². The van der Waals surface area contributed by atoms with E-state index in [1.807, 2.05) is 28.1 Å². The van der Waals surface area contributed by atoms with Crippen LogP contribution >= 0.6 is 11.3 Å². The largest absolute Gasteiger partial charge is 0.497 e. The van der Waals surface area contributed by atoms with Gasteiger partial charge in [0.15, 0.2) is 10.7 Å². The van der Waals surface area contributed by atoms with E-state index in [2.05, 4.69) is 15.3 Å². The molecule has 0 unspecified atom stereocenters. The fraction of sp³-hybridized carbons (Fsp3) is 0.0556. The summed E-state index contributed by atoms with van der Waals surface area (Å²) in [5.41, 5.74) is 2.62. The highest BCUT2D eigenvalue weighted by Crippen LogP contribution is 2.27. The average molecular weight is 350 g/mol. The summed E-state index contributed by atoms with van der Waals surface area (Å²) >= 11 is 1.48. The van der Waals surface area contributed by atoms with Crippen LogP contribution in [-0.2, 0) is 0 Å². The SMILES string of the molecule is COc1ccc(NC(=O)c2nc3sccn3c2-c2cccnc2)cc1. The number of carbonyl (C=O) groups is 1. The molecule has 0 aliphatic heterocycles. The van der Waals surface area contributed by atoms with Crippen molar-refractivity contribution in [2.75, 3.05) is 12.4 Å². The molecule has 0 saturated carbocycles. The number of anilines is 1. The number of methoxy groups -OCH3 is 1. The quantitative estimate of drug-likeness (QED) is 0.609. The molecular weight excluding hydrogens is 336 g/mol. The van der Waals surface area contributed by atoms with Crippen LogP contribution in [0.25, 0.3) is 16.2 Å². The van der Waals surface area contributed by atoms with Crippen molar-refractivity contribution >= 4 is 27.9 Å². The lowest BCUT2D eigenvalue weighted by Crippen LogP contribution is -2.13. The molecule has 1 amide bonds. The van der Waals surface area contributed by atoms with Gasteiger partial charge in [0.1, 0.15) is 5.75 Å². The standard InChI is InChI=1S/C18H14N4O2S/c1-24-14-6-4-13(5-7-14)20-17(23)15-16(12-3-2-8-19-11-12)22-9-10-25-18(22)21-15/h2-11H,1H3,(H,20,23). The Kier molecular flexibility index (Phi) is 3.91. The second-order valence-electron chi connectivity index (χ2n) is 5.29. The zero-order valence-electron chi connectivity index (χ0n) is 13.3. The number of nitrogens with one attached hydrogen (secondary N) is 1. The average Bonchev–Trinajstić information content (AvgIpc) is 3.24. The maximum Gasteiger partial charge on any atom is 0.276 e.